The molecule has 44 heavy (non-hydrogen) atoms. The minimum absolute atomic E-state index is 0.0377. The number of carbonyl (C=O) groups excluding carboxylic acids is 2. The van der Waals surface area contributed by atoms with Crippen molar-refractivity contribution >= 4 is 50.4 Å². The first-order chi connectivity index (χ1) is 21.0. The van der Waals surface area contributed by atoms with Gasteiger partial charge in [-0.05, 0) is 68.1 Å². The molecule has 2 aromatic carbocycles. The number of sulfonamides is 1. The molecule has 0 aliphatic carbocycles. The van der Waals surface area contributed by atoms with Crippen LogP contribution in [0, 0.1) is 12.7 Å². The largest absolute Gasteiger partial charge is 0.352 e. The third-order valence-electron chi connectivity index (χ3n) is 7.99. The van der Waals surface area contributed by atoms with Gasteiger partial charge in [-0.25, -0.2) is 22.5 Å². The molecule has 2 aliphatic rings. The molecule has 0 bridgehead atoms. The molecule has 0 unspecified atom stereocenters. The maximum absolute atomic E-state index is 14.4. The van der Waals surface area contributed by atoms with Crippen LogP contribution >= 0.6 is 11.3 Å². The molecule has 2 aromatic heterocycles. The smallest absolute Gasteiger partial charge is 0.276 e. The molecule has 4 aromatic rings. The van der Waals surface area contributed by atoms with Crippen LogP contribution in [0.3, 0.4) is 0 Å². The molecule has 9 nitrogen and oxygen atoms in total. The molecule has 2 atom stereocenters. The van der Waals surface area contributed by atoms with Crippen molar-refractivity contribution < 1.29 is 22.4 Å². The minimum atomic E-state index is -3.34. The molecule has 12 heteroatoms. The van der Waals surface area contributed by atoms with Crippen molar-refractivity contribution in [2.24, 2.45) is 0 Å². The van der Waals surface area contributed by atoms with Crippen LogP contribution in [0.1, 0.15) is 44.6 Å². The lowest BCUT2D eigenvalue weighted by Crippen LogP contribution is -2.37. The lowest BCUT2D eigenvalue weighted by atomic mass is 10.1. The zero-order valence-corrected chi connectivity index (χ0v) is 26.1. The summed E-state index contributed by atoms with van der Waals surface area (Å²) in [5.41, 5.74) is 3.57. The molecule has 0 radical (unpaired) electrons. The van der Waals surface area contributed by atoms with Crippen LogP contribution in [0.15, 0.2) is 66.7 Å². The number of halogens is 1. The summed E-state index contributed by atoms with van der Waals surface area (Å²) in [5, 5.41) is 2.72. The van der Waals surface area contributed by atoms with E-state index in [0.29, 0.717) is 47.9 Å². The number of pyridine rings is 1. The number of amides is 2. The number of fused-ring (bicyclic) bond motifs is 3. The Morgan fingerprint density at radius 2 is 1.84 bits per heavy atom. The van der Waals surface area contributed by atoms with Gasteiger partial charge < -0.3 is 15.1 Å². The van der Waals surface area contributed by atoms with Crippen molar-refractivity contribution in [1.29, 1.82) is 0 Å². The molecule has 1 fully saturated rings. The zero-order valence-electron chi connectivity index (χ0n) is 24.5. The van der Waals surface area contributed by atoms with Gasteiger partial charge in [0.05, 0.1) is 22.5 Å². The second kappa shape index (κ2) is 11.8. The van der Waals surface area contributed by atoms with Gasteiger partial charge in [0.1, 0.15) is 17.3 Å². The SMILES string of the molecule is Cc1cccc(F)c1NC(=O)c1cc2c(s1)-c1ccccc1N(C(=O)c1cccc(N3C[C@@H](NS(C)(=O)=O)C[C@@H]3C)n1)CC2. The van der Waals surface area contributed by atoms with Crippen molar-refractivity contribution in [1.82, 2.24) is 9.71 Å². The van der Waals surface area contributed by atoms with Gasteiger partial charge in [-0.3, -0.25) is 9.59 Å². The summed E-state index contributed by atoms with van der Waals surface area (Å²) in [4.78, 5) is 37.0. The van der Waals surface area contributed by atoms with Gasteiger partial charge in [-0.2, -0.15) is 0 Å². The summed E-state index contributed by atoms with van der Waals surface area (Å²) < 4.78 is 40.6. The molecule has 0 spiro atoms. The Hall–Kier alpha value is -4.13. The van der Waals surface area contributed by atoms with Crippen molar-refractivity contribution in [3.8, 4) is 10.4 Å². The number of hydrogen-bond donors (Lipinski definition) is 2. The number of para-hydroxylation sites is 2. The van der Waals surface area contributed by atoms with Crippen LogP contribution in [0.4, 0.5) is 21.6 Å². The van der Waals surface area contributed by atoms with Gasteiger partial charge in [-0.1, -0.05) is 36.4 Å². The van der Waals surface area contributed by atoms with Crippen LogP contribution in [-0.2, 0) is 16.4 Å². The minimum Gasteiger partial charge on any atom is -0.352 e. The van der Waals surface area contributed by atoms with E-state index in [1.54, 1.807) is 36.1 Å². The van der Waals surface area contributed by atoms with E-state index in [-0.39, 0.29) is 35.3 Å². The molecule has 2 amide bonds. The van der Waals surface area contributed by atoms with E-state index < -0.39 is 15.8 Å². The van der Waals surface area contributed by atoms with Gasteiger partial charge in [-0.15, -0.1) is 11.3 Å². The van der Waals surface area contributed by atoms with E-state index in [1.165, 1.54) is 17.4 Å². The van der Waals surface area contributed by atoms with Gasteiger partial charge in [0.15, 0.2) is 0 Å². The first-order valence-corrected chi connectivity index (χ1v) is 17.0. The molecule has 4 heterocycles. The standard InChI is InChI=1S/C32H32FN5O4S2/c1-19-8-6-10-24(33)29(19)35-31(39)27-17-21-14-15-37(26-12-5-4-9-23(26)30(21)43-27)32(40)25-11-7-13-28(34-25)38-18-22(16-20(38)2)36-44(3,41)42/h4-13,17,20,22,36H,14-16,18H2,1-3H3,(H,35,39)/t20-,22-/m0/s1. The number of thiophene rings is 1. The van der Waals surface area contributed by atoms with Crippen molar-refractivity contribution in [2.75, 3.05) is 34.5 Å². The number of rotatable bonds is 6. The number of nitrogens with one attached hydrogen (secondary N) is 2. The van der Waals surface area contributed by atoms with E-state index in [9.17, 15) is 22.4 Å². The summed E-state index contributed by atoms with van der Waals surface area (Å²) >= 11 is 1.32. The normalized spacial score (nSPS) is 18.0. The lowest BCUT2D eigenvalue weighted by Gasteiger charge is -2.25. The van der Waals surface area contributed by atoms with E-state index in [2.05, 4.69) is 10.0 Å². The molecule has 2 aliphatic heterocycles. The molecule has 228 valence electrons. The fraction of sp³-hybridized carbons (Fsp3) is 0.281. The maximum Gasteiger partial charge on any atom is 0.276 e. The monoisotopic (exact) mass is 633 g/mol. The second-order valence-electron chi connectivity index (χ2n) is 11.3. The van der Waals surface area contributed by atoms with Gasteiger partial charge in [0, 0.05) is 35.6 Å². The van der Waals surface area contributed by atoms with Crippen molar-refractivity contribution in [3.63, 3.8) is 0 Å². The Morgan fingerprint density at radius 3 is 2.61 bits per heavy atom. The third-order valence-corrected chi connectivity index (χ3v) is 9.96. The molecule has 6 rings (SSSR count). The van der Waals surface area contributed by atoms with Crippen LogP contribution in [0.25, 0.3) is 10.4 Å². The number of hydrogen-bond acceptors (Lipinski definition) is 7. The fourth-order valence-electron chi connectivity index (χ4n) is 5.96. The topological polar surface area (TPSA) is 112 Å². The average Bonchev–Trinajstić information content (AvgIpc) is 3.53. The quantitative estimate of drug-likeness (QED) is 0.301. The lowest BCUT2D eigenvalue weighted by molar-refractivity contribution is 0.0981. The Kier molecular flexibility index (Phi) is 7.99. The van der Waals surface area contributed by atoms with Gasteiger partial charge in [0.2, 0.25) is 10.0 Å². The number of nitrogens with zero attached hydrogens (tertiary/aromatic N) is 3. The summed E-state index contributed by atoms with van der Waals surface area (Å²) in [6.07, 6.45) is 2.30. The predicted octanol–water partition coefficient (Wildman–Crippen LogP) is 5.23. The number of carbonyl (C=O) groups is 2. The predicted molar refractivity (Wildman–Crippen MR) is 172 cm³/mol. The Morgan fingerprint density at radius 1 is 1.07 bits per heavy atom. The molecule has 1 saturated heterocycles. The van der Waals surface area contributed by atoms with Gasteiger partial charge in [0.25, 0.3) is 11.8 Å². The number of aryl methyl sites for hydroxylation is 1. The number of anilines is 3. The average molecular weight is 634 g/mol. The molecule has 2 N–H and O–H groups in total. The molecule has 0 saturated carbocycles. The van der Waals surface area contributed by atoms with E-state index >= 15 is 0 Å². The van der Waals surface area contributed by atoms with E-state index in [1.807, 2.05) is 48.2 Å². The second-order valence-corrected chi connectivity index (χ2v) is 14.1. The highest BCUT2D eigenvalue weighted by atomic mass is 32.2. The van der Waals surface area contributed by atoms with Crippen molar-refractivity contribution in [2.45, 2.75) is 38.8 Å². The van der Waals surface area contributed by atoms with Crippen LogP contribution in [0.2, 0.25) is 0 Å². The third kappa shape index (κ3) is 5.97. The van der Waals surface area contributed by atoms with Crippen LogP contribution in [-0.4, -0.2) is 56.6 Å². The highest BCUT2D eigenvalue weighted by Gasteiger charge is 2.33. The van der Waals surface area contributed by atoms with Gasteiger partial charge >= 0.3 is 0 Å². The Balaban J connectivity index is 1.26. The van der Waals surface area contributed by atoms with Crippen LogP contribution < -0.4 is 19.8 Å². The highest BCUT2D eigenvalue weighted by molar-refractivity contribution is 7.88. The number of benzene rings is 2. The Bertz CT molecular complexity index is 1860. The number of aromatic nitrogens is 1. The maximum atomic E-state index is 14.4. The fourth-order valence-corrected chi connectivity index (χ4v) is 7.88. The summed E-state index contributed by atoms with van der Waals surface area (Å²) in [5.74, 6) is -0.504. The summed E-state index contributed by atoms with van der Waals surface area (Å²) in [7, 11) is -3.34. The first-order valence-electron chi connectivity index (χ1n) is 14.3. The summed E-state index contributed by atoms with van der Waals surface area (Å²) in [6.45, 7) is 4.58. The van der Waals surface area contributed by atoms with E-state index in [4.69, 9.17) is 4.98 Å². The molecular formula is C32H32FN5O4S2. The van der Waals surface area contributed by atoms with E-state index in [0.717, 1.165) is 22.3 Å². The Labute approximate surface area is 259 Å². The first kappa shape index (κ1) is 29.9. The summed E-state index contributed by atoms with van der Waals surface area (Å²) in [6, 6.07) is 19.2. The highest BCUT2D eigenvalue weighted by Crippen LogP contribution is 2.42. The van der Waals surface area contributed by atoms with Crippen molar-refractivity contribution in [3.05, 3.63) is 94.2 Å². The zero-order chi connectivity index (χ0) is 31.2. The van der Waals surface area contributed by atoms with Crippen LogP contribution in [0.5, 0.6) is 0 Å². The molecular weight excluding hydrogens is 602 g/mol.